The molecular formula is C28H30ClN5O2. The van der Waals surface area contributed by atoms with Gasteiger partial charge in [-0.25, -0.2) is 4.98 Å². The fourth-order valence-corrected chi connectivity index (χ4v) is 5.10. The molecule has 3 N–H and O–H groups in total. The topological polar surface area (TPSA) is 91.9 Å². The van der Waals surface area contributed by atoms with Gasteiger partial charge in [-0.05, 0) is 57.4 Å². The summed E-state index contributed by atoms with van der Waals surface area (Å²) in [6, 6.07) is 10.2. The van der Waals surface area contributed by atoms with Crippen molar-refractivity contribution in [3.8, 4) is 16.9 Å². The average molecular weight is 504 g/mol. The number of halogens is 1. The number of benzene rings is 2. The second-order valence-electron chi connectivity index (χ2n) is 9.41. The molecule has 8 heteroatoms. The first kappa shape index (κ1) is 24.3. The molecule has 1 aliphatic heterocycles. The molecule has 3 heterocycles. The van der Waals surface area contributed by atoms with Gasteiger partial charge in [-0.1, -0.05) is 47.3 Å². The van der Waals surface area contributed by atoms with Crippen LogP contribution in [0.1, 0.15) is 36.8 Å². The molecule has 1 fully saturated rings. The van der Waals surface area contributed by atoms with Gasteiger partial charge in [0.15, 0.2) is 0 Å². The summed E-state index contributed by atoms with van der Waals surface area (Å²) in [5.41, 5.74) is 4.60. The second-order valence-corrected chi connectivity index (χ2v) is 9.82. The van der Waals surface area contributed by atoms with Gasteiger partial charge < -0.3 is 20.4 Å². The number of anilines is 2. The van der Waals surface area contributed by atoms with E-state index in [0.717, 1.165) is 41.5 Å². The number of hydrogen-bond donors (Lipinski definition) is 3. The van der Waals surface area contributed by atoms with Gasteiger partial charge in [0.05, 0.1) is 34.6 Å². The van der Waals surface area contributed by atoms with Gasteiger partial charge in [0.1, 0.15) is 11.6 Å². The van der Waals surface area contributed by atoms with Crippen LogP contribution < -0.4 is 20.9 Å². The number of fused-ring (bicyclic) bond motifs is 1. The van der Waals surface area contributed by atoms with E-state index in [-0.39, 0.29) is 5.56 Å². The summed E-state index contributed by atoms with van der Waals surface area (Å²) in [6.07, 6.45) is 9.32. The molecule has 0 bridgehead atoms. The maximum atomic E-state index is 13.4. The molecule has 0 unspecified atom stereocenters. The van der Waals surface area contributed by atoms with E-state index in [1.54, 1.807) is 24.7 Å². The maximum Gasteiger partial charge on any atom is 0.260 e. The number of aryl methyl sites for hydroxylation is 2. The van der Waals surface area contributed by atoms with Gasteiger partial charge in [-0.2, -0.15) is 0 Å². The summed E-state index contributed by atoms with van der Waals surface area (Å²) in [5.74, 6) is 1.14. The first-order valence-corrected chi connectivity index (χ1v) is 12.7. The monoisotopic (exact) mass is 503 g/mol. The summed E-state index contributed by atoms with van der Waals surface area (Å²) in [7, 11) is 0. The van der Waals surface area contributed by atoms with Gasteiger partial charge in [-0.3, -0.25) is 9.78 Å². The first-order chi connectivity index (χ1) is 17.5. The Labute approximate surface area is 215 Å². The van der Waals surface area contributed by atoms with Crippen molar-refractivity contribution in [1.29, 1.82) is 0 Å². The molecule has 2 aromatic carbocycles. The Balaban J connectivity index is 1.61. The molecule has 0 amide bonds. The van der Waals surface area contributed by atoms with Gasteiger partial charge in [-0.15, -0.1) is 0 Å². The second kappa shape index (κ2) is 10.7. The van der Waals surface area contributed by atoms with Crippen molar-refractivity contribution in [2.45, 2.75) is 45.6 Å². The number of piperidine rings is 1. The molecule has 186 valence electrons. The van der Waals surface area contributed by atoms with Gasteiger partial charge in [0.2, 0.25) is 0 Å². The molecule has 1 aliphatic rings. The number of pyridine rings is 1. The number of aromatic amines is 1. The van der Waals surface area contributed by atoms with Crippen molar-refractivity contribution in [1.82, 2.24) is 20.3 Å². The molecule has 5 rings (SSSR count). The van der Waals surface area contributed by atoms with Crippen LogP contribution in [-0.2, 0) is 0 Å². The zero-order valence-corrected chi connectivity index (χ0v) is 21.3. The molecule has 0 radical (unpaired) electrons. The Morgan fingerprint density at radius 2 is 1.94 bits per heavy atom. The molecule has 1 atom stereocenters. The smallest absolute Gasteiger partial charge is 0.260 e. The highest BCUT2D eigenvalue weighted by Gasteiger charge is 2.20. The highest BCUT2D eigenvalue weighted by atomic mass is 35.5. The van der Waals surface area contributed by atoms with E-state index in [9.17, 15) is 4.79 Å². The first-order valence-electron chi connectivity index (χ1n) is 12.4. The number of aromatic nitrogens is 3. The lowest BCUT2D eigenvalue weighted by Gasteiger charge is -2.24. The zero-order chi connectivity index (χ0) is 25.1. The molecule has 4 aromatic rings. The van der Waals surface area contributed by atoms with Crippen LogP contribution in [0.25, 0.3) is 22.0 Å². The van der Waals surface area contributed by atoms with E-state index in [1.165, 1.54) is 12.8 Å². The predicted octanol–water partition coefficient (Wildman–Crippen LogP) is 5.91. The number of H-pyrrole nitrogens is 1. The van der Waals surface area contributed by atoms with Crippen molar-refractivity contribution in [3.05, 3.63) is 75.4 Å². The van der Waals surface area contributed by atoms with Gasteiger partial charge >= 0.3 is 0 Å². The minimum Gasteiger partial charge on any atom is -0.492 e. The van der Waals surface area contributed by atoms with Crippen molar-refractivity contribution in [2.24, 2.45) is 0 Å². The predicted molar refractivity (Wildman–Crippen MR) is 146 cm³/mol. The SMILES string of the molecule is Cc1cc(C)cc(-c2c(OCC[C@@H]3CCCCN3)c3cc(Nc4cnccn4)c(Cl)cc3[nH]c2=O)c1. The van der Waals surface area contributed by atoms with Gasteiger partial charge in [0.25, 0.3) is 5.56 Å². The van der Waals surface area contributed by atoms with Crippen molar-refractivity contribution < 1.29 is 4.74 Å². The minimum absolute atomic E-state index is 0.205. The zero-order valence-electron chi connectivity index (χ0n) is 20.5. The van der Waals surface area contributed by atoms with Crippen molar-refractivity contribution >= 4 is 34.0 Å². The lowest BCUT2D eigenvalue weighted by atomic mass is 9.99. The molecule has 0 spiro atoms. The summed E-state index contributed by atoms with van der Waals surface area (Å²) in [5, 5.41) is 8.03. The van der Waals surface area contributed by atoms with Crippen LogP contribution in [0.4, 0.5) is 11.5 Å². The lowest BCUT2D eigenvalue weighted by molar-refractivity contribution is 0.271. The standard InChI is InChI=1S/C28H30ClN5O2/c1-17-11-18(2)13-19(12-17)26-27(36-10-6-20-5-3-4-7-31-20)21-14-24(33-25-16-30-8-9-32-25)22(29)15-23(21)34-28(26)35/h8-9,11-16,20,31H,3-7,10H2,1-2H3,(H,32,33)(H,34,35)/t20-/m0/s1. The summed E-state index contributed by atoms with van der Waals surface area (Å²) < 4.78 is 6.45. The van der Waals surface area contributed by atoms with Crippen LogP contribution in [0.3, 0.4) is 0 Å². The molecule has 0 saturated carbocycles. The largest absolute Gasteiger partial charge is 0.492 e. The molecule has 7 nitrogen and oxygen atoms in total. The van der Waals surface area contributed by atoms with E-state index >= 15 is 0 Å². The highest BCUT2D eigenvalue weighted by Crippen LogP contribution is 2.38. The average Bonchev–Trinajstić information content (AvgIpc) is 2.85. The maximum absolute atomic E-state index is 13.4. The molecular weight excluding hydrogens is 474 g/mol. The highest BCUT2D eigenvalue weighted by molar-refractivity contribution is 6.34. The minimum atomic E-state index is -0.205. The summed E-state index contributed by atoms with van der Waals surface area (Å²) >= 11 is 6.58. The van der Waals surface area contributed by atoms with E-state index in [1.807, 2.05) is 32.0 Å². The molecule has 1 saturated heterocycles. The Morgan fingerprint density at radius 1 is 1.11 bits per heavy atom. The molecule has 36 heavy (non-hydrogen) atoms. The Bertz CT molecular complexity index is 1410. The third kappa shape index (κ3) is 5.37. The number of hydrogen-bond acceptors (Lipinski definition) is 6. The Morgan fingerprint density at radius 3 is 2.67 bits per heavy atom. The van der Waals surface area contributed by atoms with Crippen LogP contribution >= 0.6 is 11.6 Å². The van der Waals surface area contributed by atoms with Crippen LogP contribution in [-0.4, -0.2) is 34.1 Å². The normalized spacial score (nSPS) is 15.7. The van der Waals surface area contributed by atoms with Crippen molar-refractivity contribution in [3.63, 3.8) is 0 Å². The quantitative estimate of drug-likeness (QED) is 0.290. The Kier molecular flexibility index (Phi) is 7.20. The van der Waals surface area contributed by atoms with Crippen molar-refractivity contribution in [2.75, 3.05) is 18.5 Å². The number of rotatable bonds is 7. The number of nitrogens with one attached hydrogen (secondary N) is 3. The summed E-state index contributed by atoms with van der Waals surface area (Å²) in [6.45, 7) is 5.61. The van der Waals surface area contributed by atoms with Crippen LogP contribution in [0.2, 0.25) is 5.02 Å². The van der Waals surface area contributed by atoms with Gasteiger partial charge in [0, 0.05) is 23.8 Å². The number of nitrogens with zero attached hydrogens (tertiary/aromatic N) is 2. The molecule has 0 aliphatic carbocycles. The van der Waals surface area contributed by atoms with E-state index < -0.39 is 0 Å². The lowest BCUT2D eigenvalue weighted by Crippen LogP contribution is -2.35. The van der Waals surface area contributed by atoms with E-state index in [4.69, 9.17) is 16.3 Å². The summed E-state index contributed by atoms with van der Waals surface area (Å²) in [4.78, 5) is 24.8. The van der Waals surface area contributed by atoms with Crippen LogP contribution in [0.15, 0.2) is 53.7 Å². The van der Waals surface area contributed by atoms with Crippen LogP contribution in [0, 0.1) is 13.8 Å². The van der Waals surface area contributed by atoms with E-state index in [2.05, 4.69) is 31.7 Å². The fraction of sp³-hybridized carbons (Fsp3) is 0.321. The van der Waals surface area contributed by atoms with E-state index in [0.29, 0.717) is 46.0 Å². The third-order valence-electron chi connectivity index (χ3n) is 6.52. The molecule has 2 aromatic heterocycles. The van der Waals surface area contributed by atoms with Crippen LogP contribution in [0.5, 0.6) is 5.75 Å². The fourth-order valence-electron chi connectivity index (χ4n) is 4.89. The Hall–Kier alpha value is -3.42. The number of ether oxygens (including phenoxy) is 1. The third-order valence-corrected chi connectivity index (χ3v) is 6.83.